The zero-order valence-electron chi connectivity index (χ0n) is 12.4. The van der Waals surface area contributed by atoms with Crippen LogP contribution < -0.4 is 11.1 Å². The average molecular weight is 325 g/mol. The van der Waals surface area contributed by atoms with Crippen molar-refractivity contribution in [2.75, 3.05) is 13.1 Å². The molecule has 0 unspecified atom stereocenters. The largest absolute Gasteiger partial charge is 0.481 e. The van der Waals surface area contributed by atoms with E-state index in [0.717, 1.165) is 0 Å². The van der Waals surface area contributed by atoms with Crippen LogP contribution in [0.3, 0.4) is 0 Å². The molecule has 0 saturated carbocycles. The number of nitrogens with one attached hydrogen (secondary N) is 2. The van der Waals surface area contributed by atoms with Gasteiger partial charge >= 0.3 is 5.97 Å². The fourth-order valence-corrected chi connectivity index (χ4v) is 2.57. The predicted molar refractivity (Wildman–Crippen MR) is 75.7 cm³/mol. The minimum absolute atomic E-state index is 0.123. The highest BCUT2D eigenvalue weighted by Gasteiger charge is 2.35. The summed E-state index contributed by atoms with van der Waals surface area (Å²) in [6.07, 6.45) is 1.22. The summed E-state index contributed by atoms with van der Waals surface area (Å²) in [6, 6.07) is -1.29. The molecule has 2 atom stereocenters. The van der Waals surface area contributed by atoms with Crippen molar-refractivity contribution in [3.8, 4) is 0 Å². The third-order valence-corrected chi connectivity index (χ3v) is 3.69. The van der Waals surface area contributed by atoms with Crippen LogP contribution in [-0.2, 0) is 14.4 Å². The molecule has 1 saturated heterocycles. The lowest BCUT2D eigenvalue weighted by Crippen LogP contribution is -2.48. The van der Waals surface area contributed by atoms with E-state index in [2.05, 4.69) is 25.9 Å². The molecule has 0 aromatic carbocycles. The van der Waals surface area contributed by atoms with Gasteiger partial charge in [0.25, 0.3) is 0 Å². The first-order chi connectivity index (χ1) is 11.0. The van der Waals surface area contributed by atoms with Gasteiger partial charge in [-0.3, -0.25) is 14.4 Å². The number of aromatic nitrogens is 4. The zero-order valence-corrected chi connectivity index (χ0v) is 12.4. The van der Waals surface area contributed by atoms with E-state index in [9.17, 15) is 14.4 Å². The van der Waals surface area contributed by atoms with Crippen LogP contribution in [0.25, 0.3) is 0 Å². The van der Waals surface area contributed by atoms with Crippen LogP contribution in [0.2, 0.25) is 0 Å². The van der Waals surface area contributed by atoms with Crippen LogP contribution in [0.5, 0.6) is 0 Å². The minimum Gasteiger partial charge on any atom is -0.481 e. The summed E-state index contributed by atoms with van der Waals surface area (Å²) in [6.45, 7) is 0.327. The van der Waals surface area contributed by atoms with E-state index in [0.29, 0.717) is 19.4 Å². The highest BCUT2D eigenvalue weighted by Crippen LogP contribution is 2.20. The number of tetrazole rings is 1. The second-order valence-electron chi connectivity index (χ2n) is 5.21. The van der Waals surface area contributed by atoms with Gasteiger partial charge < -0.3 is 21.1 Å². The summed E-state index contributed by atoms with van der Waals surface area (Å²) >= 11 is 0. The Bertz CT molecular complexity index is 562. The van der Waals surface area contributed by atoms with Crippen LogP contribution in [0.15, 0.2) is 0 Å². The first kappa shape index (κ1) is 16.8. The second kappa shape index (κ2) is 7.63. The summed E-state index contributed by atoms with van der Waals surface area (Å²) in [7, 11) is 0. The number of aromatic amines is 1. The predicted octanol–water partition coefficient (Wildman–Crippen LogP) is -1.83. The van der Waals surface area contributed by atoms with Gasteiger partial charge in [-0.1, -0.05) is 5.21 Å². The number of aliphatic carboxylic acids is 1. The van der Waals surface area contributed by atoms with Crippen molar-refractivity contribution in [1.82, 2.24) is 30.8 Å². The molecular weight excluding hydrogens is 306 g/mol. The van der Waals surface area contributed by atoms with Crippen molar-refractivity contribution in [1.29, 1.82) is 0 Å². The number of carboxylic acid groups (broad SMARTS) is 1. The molecule has 5 N–H and O–H groups in total. The lowest BCUT2D eigenvalue weighted by atomic mass is 10.1. The molecule has 2 heterocycles. The average Bonchev–Trinajstić information content (AvgIpc) is 3.20. The van der Waals surface area contributed by atoms with Crippen molar-refractivity contribution >= 4 is 17.8 Å². The van der Waals surface area contributed by atoms with Crippen molar-refractivity contribution in [3.05, 3.63) is 5.82 Å². The van der Waals surface area contributed by atoms with Gasteiger partial charge in [0, 0.05) is 13.0 Å². The Labute approximate surface area is 131 Å². The number of nitrogens with two attached hydrogens (primary N) is 1. The van der Waals surface area contributed by atoms with Gasteiger partial charge in [-0.05, 0) is 19.3 Å². The van der Waals surface area contributed by atoms with E-state index in [1.165, 1.54) is 4.90 Å². The van der Waals surface area contributed by atoms with Gasteiger partial charge in [0.15, 0.2) is 5.82 Å². The number of H-pyrrole nitrogens is 1. The Hall–Kier alpha value is -2.56. The quantitative estimate of drug-likeness (QED) is 0.454. The maximum Gasteiger partial charge on any atom is 0.303 e. The van der Waals surface area contributed by atoms with E-state index in [1.807, 2.05) is 0 Å². The zero-order chi connectivity index (χ0) is 16.8. The third-order valence-electron chi connectivity index (χ3n) is 3.69. The second-order valence-corrected chi connectivity index (χ2v) is 5.21. The number of amides is 2. The van der Waals surface area contributed by atoms with Gasteiger partial charge in [0.1, 0.15) is 6.04 Å². The summed E-state index contributed by atoms with van der Waals surface area (Å²) < 4.78 is 0. The molecule has 11 heteroatoms. The number of hydrogen-bond acceptors (Lipinski definition) is 7. The minimum atomic E-state index is -0.992. The first-order valence-corrected chi connectivity index (χ1v) is 7.28. The van der Waals surface area contributed by atoms with Crippen molar-refractivity contribution < 1.29 is 19.5 Å². The van der Waals surface area contributed by atoms with Crippen molar-refractivity contribution in [3.63, 3.8) is 0 Å². The van der Waals surface area contributed by atoms with Gasteiger partial charge in [0.05, 0.1) is 12.6 Å². The summed E-state index contributed by atoms with van der Waals surface area (Å²) in [5, 5.41) is 24.8. The number of likely N-dealkylation sites (tertiary alicyclic amines) is 1. The Morgan fingerprint density at radius 1 is 1.48 bits per heavy atom. The van der Waals surface area contributed by atoms with Gasteiger partial charge in [-0.2, -0.15) is 5.21 Å². The molecule has 1 aromatic heterocycles. The molecule has 2 rings (SSSR count). The molecule has 1 aliphatic heterocycles. The molecule has 0 aliphatic carbocycles. The lowest BCUT2D eigenvalue weighted by molar-refractivity contribution is -0.138. The van der Waals surface area contributed by atoms with Crippen LogP contribution in [-0.4, -0.2) is 67.5 Å². The van der Waals surface area contributed by atoms with E-state index < -0.39 is 18.1 Å². The van der Waals surface area contributed by atoms with Gasteiger partial charge in [-0.25, -0.2) is 0 Å². The number of carboxylic acids is 1. The molecule has 0 spiro atoms. The van der Waals surface area contributed by atoms with Crippen LogP contribution in [0, 0.1) is 0 Å². The highest BCUT2D eigenvalue weighted by atomic mass is 16.4. The molecule has 0 bridgehead atoms. The fraction of sp³-hybridized carbons (Fsp3) is 0.667. The number of carbonyl (C=O) groups excluding carboxylic acids is 2. The Kier molecular flexibility index (Phi) is 5.57. The smallest absolute Gasteiger partial charge is 0.303 e. The molecule has 2 amide bonds. The maximum absolute atomic E-state index is 12.4. The maximum atomic E-state index is 12.4. The molecule has 0 radical (unpaired) electrons. The Balaban J connectivity index is 2.04. The SMILES string of the molecule is NCC(=O)N1CCC[C@H]1C(=O)N[C@@H](CCC(=O)O)c1nn[nH]n1. The Morgan fingerprint density at radius 2 is 2.26 bits per heavy atom. The summed E-state index contributed by atoms with van der Waals surface area (Å²) in [4.78, 5) is 36.4. The van der Waals surface area contributed by atoms with Crippen molar-refractivity contribution in [2.45, 2.75) is 37.8 Å². The molecular formula is C12H19N7O4. The third kappa shape index (κ3) is 4.22. The van der Waals surface area contributed by atoms with Gasteiger partial charge in [-0.15, -0.1) is 10.2 Å². The standard InChI is InChI=1S/C12H19N7O4/c13-6-9(20)19-5-1-2-8(19)12(23)14-7(3-4-10(21)22)11-15-17-18-16-11/h7-8H,1-6,13H2,(H,14,23)(H,21,22)(H,15,16,17,18)/t7-,8-/m0/s1. The monoisotopic (exact) mass is 325 g/mol. The van der Waals surface area contributed by atoms with Gasteiger partial charge in [0.2, 0.25) is 11.8 Å². The first-order valence-electron chi connectivity index (χ1n) is 7.28. The number of nitrogens with zero attached hydrogens (tertiary/aromatic N) is 4. The Morgan fingerprint density at radius 3 is 2.87 bits per heavy atom. The topological polar surface area (TPSA) is 167 Å². The van der Waals surface area contributed by atoms with Crippen LogP contribution >= 0.6 is 0 Å². The van der Waals surface area contributed by atoms with Crippen LogP contribution in [0.1, 0.15) is 37.5 Å². The van der Waals surface area contributed by atoms with E-state index in [4.69, 9.17) is 10.8 Å². The number of carbonyl (C=O) groups is 3. The highest BCUT2D eigenvalue weighted by molar-refractivity contribution is 5.89. The normalized spacial score (nSPS) is 18.7. The van der Waals surface area contributed by atoms with Crippen LogP contribution in [0.4, 0.5) is 0 Å². The molecule has 1 aromatic rings. The molecule has 1 fully saturated rings. The number of hydrogen-bond donors (Lipinski definition) is 4. The number of rotatable bonds is 7. The fourth-order valence-electron chi connectivity index (χ4n) is 2.57. The molecule has 11 nitrogen and oxygen atoms in total. The van der Waals surface area contributed by atoms with E-state index >= 15 is 0 Å². The summed E-state index contributed by atoms with van der Waals surface area (Å²) in [5.41, 5.74) is 5.35. The molecule has 23 heavy (non-hydrogen) atoms. The summed E-state index contributed by atoms with van der Waals surface area (Å²) in [5.74, 6) is -1.45. The molecule has 126 valence electrons. The molecule has 1 aliphatic rings. The lowest BCUT2D eigenvalue weighted by Gasteiger charge is -2.25. The van der Waals surface area contributed by atoms with Crippen molar-refractivity contribution in [2.24, 2.45) is 5.73 Å². The van der Waals surface area contributed by atoms with E-state index in [1.54, 1.807) is 0 Å². The van der Waals surface area contributed by atoms with E-state index in [-0.39, 0.29) is 37.0 Å².